The first-order chi connectivity index (χ1) is 9.99. The van der Waals surface area contributed by atoms with Crippen LogP contribution in [0.4, 0.5) is 13.2 Å². The number of aromatic nitrogens is 2. The first-order valence-corrected chi connectivity index (χ1v) is 6.03. The van der Waals surface area contributed by atoms with Crippen LogP contribution < -0.4 is 0 Å². The first-order valence-electron chi connectivity index (χ1n) is 6.03. The van der Waals surface area contributed by atoms with Crippen LogP contribution in [-0.4, -0.2) is 9.97 Å². The molecule has 0 bridgehead atoms. The van der Waals surface area contributed by atoms with Gasteiger partial charge in [-0.3, -0.25) is 4.98 Å². The molecule has 3 aromatic rings. The van der Waals surface area contributed by atoms with Crippen LogP contribution in [0.15, 0.2) is 42.7 Å². The molecule has 0 fully saturated rings. The number of benzene rings is 1. The van der Waals surface area contributed by atoms with E-state index in [0.29, 0.717) is 27.7 Å². The molecule has 0 spiro atoms. The van der Waals surface area contributed by atoms with Crippen molar-refractivity contribution in [1.82, 2.24) is 9.97 Å². The van der Waals surface area contributed by atoms with E-state index in [1.54, 1.807) is 12.1 Å². The Morgan fingerprint density at radius 1 is 1.14 bits per heavy atom. The summed E-state index contributed by atoms with van der Waals surface area (Å²) in [6, 6.07) is 8.75. The van der Waals surface area contributed by atoms with Crippen LogP contribution in [0.5, 0.6) is 0 Å². The van der Waals surface area contributed by atoms with E-state index in [1.807, 2.05) is 6.07 Å². The fourth-order valence-electron chi connectivity index (χ4n) is 2.17. The summed E-state index contributed by atoms with van der Waals surface area (Å²) in [4.78, 5) is 6.88. The molecule has 0 aliphatic heterocycles. The molecule has 0 aliphatic rings. The SMILES string of the molecule is N#Cc1cnccc1-c1cc2cc(C(F)(F)F)ccc2[nH]1. The average molecular weight is 287 g/mol. The second kappa shape index (κ2) is 4.63. The minimum atomic E-state index is -4.37. The van der Waals surface area contributed by atoms with Crippen molar-refractivity contribution in [2.24, 2.45) is 0 Å². The minimum absolute atomic E-state index is 0.361. The molecule has 6 heteroatoms. The second-order valence-electron chi connectivity index (χ2n) is 4.52. The summed E-state index contributed by atoms with van der Waals surface area (Å²) < 4.78 is 38.1. The van der Waals surface area contributed by atoms with Gasteiger partial charge in [0.05, 0.1) is 11.1 Å². The standard InChI is InChI=1S/C15H8F3N3/c16-15(17,18)11-1-2-13-9(5-11)6-14(21-13)12-3-4-20-8-10(12)7-19/h1-6,8,21H. The molecule has 21 heavy (non-hydrogen) atoms. The third-order valence-corrected chi connectivity index (χ3v) is 3.18. The van der Waals surface area contributed by atoms with Crippen LogP contribution in [0.1, 0.15) is 11.1 Å². The van der Waals surface area contributed by atoms with Crippen molar-refractivity contribution < 1.29 is 13.2 Å². The average Bonchev–Trinajstić information content (AvgIpc) is 2.89. The number of nitrogens with one attached hydrogen (secondary N) is 1. The van der Waals surface area contributed by atoms with Crippen LogP contribution in [0.3, 0.4) is 0 Å². The van der Waals surface area contributed by atoms with E-state index >= 15 is 0 Å². The van der Waals surface area contributed by atoms with Gasteiger partial charge in [-0.2, -0.15) is 18.4 Å². The van der Waals surface area contributed by atoms with Crippen molar-refractivity contribution in [1.29, 1.82) is 5.26 Å². The molecule has 2 heterocycles. The summed E-state index contributed by atoms with van der Waals surface area (Å²) in [7, 11) is 0. The zero-order chi connectivity index (χ0) is 15.0. The molecule has 0 atom stereocenters. The predicted octanol–water partition coefficient (Wildman–Crippen LogP) is 4.12. The summed E-state index contributed by atoms with van der Waals surface area (Å²) in [5.41, 5.74) is 1.44. The highest BCUT2D eigenvalue weighted by atomic mass is 19.4. The molecule has 0 unspecified atom stereocenters. The molecule has 0 radical (unpaired) electrons. The largest absolute Gasteiger partial charge is 0.416 e. The molecule has 3 rings (SSSR count). The number of nitrogens with zero attached hydrogens (tertiary/aromatic N) is 2. The van der Waals surface area contributed by atoms with Gasteiger partial charge in [-0.05, 0) is 30.3 Å². The first kappa shape index (κ1) is 13.2. The molecule has 104 valence electrons. The summed E-state index contributed by atoms with van der Waals surface area (Å²) in [5, 5.41) is 9.50. The Balaban J connectivity index is 2.16. The quantitative estimate of drug-likeness (QED) is 0.732. The van der Waals surface area contributed by atoms with E-state index in [1.165, 1.54) is 18.5 Å². The van der Waals surface area contributed by atoms with Crippen molar-refractivity contribution in [2.75, 3.05) is 0 Å². The molecule has 1 N–H and O–H groups in total. The molecule has 0 aliphatic carbocycles. The van der Waals surface area contributed by atoms with Gasteiger partial charge in [-0.15, -0.1) is 0 Å². The number of nitriles is 1. The molecule has 3 nitrogen and oxygen atoms in total. The summed E-state index contributed by atoms with van der Waals surface area (Å²) in [6.45, 7) is 0. The van der Waals surface area contributed by atoms with Crippen molar-refractivity contribution in [2.45, 2.75) is 6.18 Å². The van der Waals surface area contributed by atoms with Crippen molar-refractivity contribution in [3.8, 4) is 17.3 Å². The zero-order valence-electron chi connectivity index (χ0n) is 10.6. The maximum absolute atomic E-state index is 12.7. The number of fused-ring (bicyclic) bond motifs is 1. The summed E-state index contributed by atoms with van der Waals surface area (Å²) >= 11 is 0. The Hall–Kier alpha value is -2.81. The lowest BCUT2D eigenvalue weighted by atomic mass is 10.1. The third kappa shape index (κ3) is 2.34. The van der Waals surface area contributed by atoms with Crippen LogP contribution in [-0.2, 0) is 6.18 Å². The highest BCUT2D eigenvalue weighted by Crippen LogP contribution is 2.33. The maximum atomic E-state index is 12.7. The Labute approximate surface area is 117 Å². The van der Waals surface area contributed by atoms with Crippen LogP contribution in [0, 0.1) is 11.3 Å². The Kier molecular flexibility index (Phi) is 2.91. The normalized spacial score (nSPS) is 11.5. The van der Waals surface area contributed by atoms with Crippen molar-refractivity contribution in [3.63, 3.8) is 0 Å². The van der Waals surface area contributed by atoms with Crippen LogP contribution >= 0.6 is 0 Å². The monoisotopic (exact) mass is 287 g/mol. The van der Waals surface area contributed by atoms with E-state index in [9.17, 15) is 13.2 Å². The lowest BCUT2D eigenvalue weighted by molar-refractivity contribution is -0.137. The van der Waals surface area contributed by atoms with Gasteiger partial charge in [0, 0.05) is 34.6 Å². The Morgan fingerprint density at radius 3 is 2.67 bits per heavy atom. The van der Waals surface area contributed by atoms with Gasteiger partial charge in [0.15, 0.2) is 0 Å². The fourth-order valence-corrected chi connectivity index (χ4v) is 2.17. The summed E-state index contributed by atoms with van der Waals surface area (Å²) in [5.74, 6) is 0. The molecule has 0 saturated carbocycles. The van der Waals surface area contributed by atoms with E-state index in [2.05, 4.69) is 9.97 Å². The van der Waals surface area contributed by atoms with Crippen LogP contribution in [0.2, 0.25) is 0 Å². The number of pyridine rings is 1. The molecular weight excluding hydrogens is 279 g/mol. The van der Waals surface area contributed by atoms with Crippen LogP contribution in [0.25, 0.3) is 22.2 Å². The van der Waals surface area contributed by atoms with Crippen molar-refractivity contribution in [3.05, 3.63) is 53.9 Å². The number of rotatable bonds is 1. The van der Waals surface area contributed by atoms with Gasteiger partial charge in [-0.25, -0.2) is 0 Å². The fraction of sp³-hybridized carbons (Fsp3) is 0.0667. The highest BCUT2D eigenvalue weighted by Gasteiger charge is 2.30. The zero-order valence-corrected chi connectivity index (χ0v) is 10.6. The number of alkyl halides is 3. The molecule has 0 amide bonds. The van der Waals surface area contributed by atoms with Gasteiger partial charge in [0.25, 0.3) is 0 Å². The topological polar surface area (TPSA) is 52.5 Å². The third-order valence-electron chi connectivity index (χ3n) is 3.18. The number of aromatic amines is 1. The van der Waals surface area contributed by atoms with Crippen molar-refractivity contribution >= 4 is 10.9 Å². The van der Waals surface area contributed by atoms with E-state index in [0.717, 1.165) is 12.1 Å². The number of hydrogen-bond acceptors (Lipinski definition) is 2. The van der Waals surface area contributed by atoms with Gasteiger partial charge >= 0.3 is 6.18 Å². The number of H-pyrrole nitrogens is 1. The van der Waals surface area contributed by atoms with Gasteiger partial charge < -0.3 is 4.98 Å². The summed E-state index contributed by atoms with van der Waals surface area (Å²) in [6.07, 6.45) is -1.43. The molecule has 1 aromatic carbocycles. The maximum Gasteiger partial charge on any atom is 0.416 e. The minimum Gasteiger partial charge on any atom is -0.354 e. The van der Waals surface area contributed by atoms with Gasteiger partial charge in [0.1, 0.15) is 6.07 Å². The lowest BCUT2D eigenvalue weighted by Crippen LogP contribution is -2.03. The lowest BCUT2D eigenvalue weighted by Gasteiger charge is -2.05. The van der Waals surface area contributed by atoms with E-state index in [-0.39, 0.29) is 0 Å². The van der Waals surface area contributed by atoms with E-state index in [4.69, 9.17) is 5.26 Å². The number of hydrogen-bond donors (Lipinski definition) is 1. The smallest absolute Gasteiger partial charge is 0.354 e. The molecule has 0 saturated heterocycles. The predicted molar refractivity (Wildman–Crippen MR) is 71.2 cm³/mol. The Bertz CT molecular complexity index is 856. The Morgan fingerprint density at radius 2 is 1.95 bits per heavy atom. The number of halogens is 3. The second-order valence-corrected chi connectivity index (χ2v) is 4.52. The van der Waals surface area contributed by atoms with Gasteiger partial charge in [-0.1, -0.05) is 0 Å². The molecular formula is C15H8F3N3. The van der Waals surface area contributed by atoms with E-state index < -0.39 is 11.7 Å². The van der Waals surface area contributed by atoms with Gasteiger partial charge in [0.2, 0.25) is 0 Å². The highest BCUT2D eigenvalue weighted by molar-refractivity contribution is 5.87. The molecule has 2 aromatic heterocycles.